The molecule has 3 nitrogen and oxygen atoms in total. The first-order chi connectivity index (χ1) is 11.1. The van der Waals surface area contributed by atoms with Gasteiger partial charge in [-0.2, -0.15) is 0 Å². The van der Waals surface area contributed by atoms with Crippen molar-refractivity contribution in [3.8, 4) is 0 Å². The van der Waals surface area contributed by atoms with Gasteiger partial charge in [0.15, 0.2) is 5.13 Å². The third kappa shape index (κ3) is 4.61. The molecule has 1 aromatic heterocycles. The zero-order chi connectivity index (χ0) is 16.2. The van der Waals surface area contributed by atoms with Crippen LogP contribution in [0.5, 0.6) is 0 Å². The summed E-state index contributed by atoms with van der Waals surface area (Å²) in [6.07, 6.45) is 0.421. The molecule has 0 unspecified atom stereocenters. The highest BCUT2D eigenvalue weighted by atomic mass is 35.5. The van der Waals surface area contributed by atoms with Gasteiger partial charge in [-0.15, -0.1) is 11.8 Å². The molecule has 0 saturated carbocycles. The maximum Gasteiger partial charge on any atom is 0.226 e. The predicted molar refractivity (Wildman–Crippen MR) is 100 cm³/mol. The number of carbonyl (C=O) groups is 1. The van der Waals surface area contributed by atoms with Crippen LogP contribution in [0.3, 0.4) is 0 Å². The van der Waals surface area contributed by atoms with Crippen molar-refractivity contribution in [1.29, 1.82) is 0 Å². The Labute approximate surface area is 152 Å². The molecule has 0 bridgehead atoms. The van der Waals surface area contributed by atoms with Crippen LogP contribution in [0.1, 0.15) is 6.42 Å². The molecule has 118 valence electrons. The monoisotopic (exact) mass is 382 g/mol. The second-order valence-corrected chi connectivity index (χ2v) is 7.80. The number of benzene rings is 2. The normalized spacial score (nSPS) is 10.9. The number of nitrogens with zero attached hydrogens (tertiary/aromatic N) is 1. The Kier molecular flexibility index (Phi) is 5.43. The van der Waals surface area contributed by atoms with Gasteiger partial charge in [0, 0.05) is 27.1 Å². The number of amides is 1. The first kappa shape index (κ1) is 16.6. The lowest BCUT2D eigenvalue weighted by Crippen LogP contribution is -2.11. The van der Waals surface area contributed by atoms with Crippen molar-refractivity contribution < 1.29 is 4.79 Å². The zero-order valence-electron chi connectivity index (χ0n) is 11.9. The molecule has 3 aromatic rings. The van der Waals surface area contributed by atoms with Gasteiger partial charge in [0.25, 0.3) is 0 Å². The predicted octanol–water partition coefficient (Wildman–Crippen LogP) is 5.72. The van der Waals surface area contributed by atoms with Gasteiger partial charge >= 0.3 is 0 Å². The van der Waals surface area contributed by atoms with Crippen LogP contribution in [0, 0.1) is 0 Å². The number of thioether (sulfide) groups is 1. The molecule has 0 saturated heterocycles. The number of carbonyl (C=O) groups excluding carboxylic acids is 1. The van der Waals surface area contributed by atoms with Crippen molar-refractivity contribution in [2.24, 2.45) is 0 Å². The van der Waals surface area contributed by atoms with Crippen LogP contribution in [0.4, 0.5) is 5.13 Å². The van der Waals surface area contributed by atoms with E-state index in [9.17, 15) is 4.79 Å². The SMILES string of the molecule is O=C(CCSc1ccc(Cl)cc1)Nc1nc2ccc(Cl)cc2s1. The van der Waals surface area contributed by atoms with Gasteiger partial charge in [0.2, 0.25) is 5.91 Å². The number of nitrogens with one attached hydrogen (secondary N) is 1. The maximum atomic E-state index is 12.0. The summed E-state index contributed by atoms with van der Waals surface area (Å²) >= 11 is 14.8. The fourth-order valence-corrected chi connectivity index (χ4v) is 4.06. The molecule has 0 aliphatic carbocycles. The minimum absolute atomic E-state index is 0.0448. The Morgan fingerprint density at radius 3 is 2.65 bits per heavy atom. The Hall–Kier alpha value is -1.27. The summed E-state index contributed by atoms with van der Waals surface area (Å²) in [5, 5.41) is 4.81. The van der Waals surface area contributed by atoms with E-state index in [1.807, 2.05) is 36.4 Å². The number of aromatic nitrogens is 1. The molecule has 2 aromatic carbocycles. The molecule has 0 radical (unpaired) electrons. The average Bonchev–Trinajstić information content (AvgIpc) is 2.90. The molecule has 0 aliphatic rings. The average molecular weight is 383 g/mol. The topological polar surface area (TPSA) is 42.0 Å². The van der Waals surface area contributed by atoms with E-state index in [2.05, 4.69) is 10.3 Å². The number of hydrogen-bond donors (Lipinski definition) is 1. The Balaban J connectivity index is 1.53. The van der Waals surface area contributed by atoms with Crippen LogP contribution in [-0.2, 0) is 4.79 Å². The summed E-state index contributed by atoms with van der Waals surface area (Å²) in [6, 6.07) is 13.1. The summed E-state index contributed by atoms with van der Waals surface area (Å²) in [4.78, 5) is 17.5. The molecule has 7 heteroatoms. The van der Waals surface area contributed by atoms with Gasteiger partial charge in [-0.25, -0.2) is 4.98 Å². The molecule has 1 heterocycles. The minimum atomic E-state index is -0.0448. The van der Waals surface area contributed by atoms with Crippen molar-refractivity contribution in [1.82, 2.24) is 4.98 Å². The van der Waals surface area contributed by atoms with Crippen LogP contribution in [-0.4, -0.2) is 16.6 Å². The number of rotatable bonds is 5. The van der Waals surface area contributed by atoms with Crippen molar-refractivity contribution in [2.75, 3.05) is 11.1 Å². The van der Waals surface area contributed by atoms with E-state index in [1.165, 1.54) is 11.3 Å². The second kappa shape index (κ2) is 7.53. The second-order valence-electron chi connectivity index (χ2n) is 4.73. The van der Waals surface area contributed by atoms with Gasteiger partial charge in [-0.1, -0.05) is 34.5 Å². The smallest absolute Gasteiger partial charge is 0.226 e. The molecule has 0 spiro atoms. The van der Waals surface area contributed by atoms with Gasteiger partial charge < -0.3 is 5.32 Å². The third-order valence-corrected chi connectivity index (χ3v) is 5.44. The molecule has 0 atom stereocenters. The fourth-order valence-electron chi connectivity index (χ4n) is 1.93. The van der Waals surface area contributed by atoms with Gasteiger partial charge in [-0.05, 0) is 42.5 Å². The van der Waals surface area contributed by atoms with Crippen LogP contribution in [0.2, 0.25) is 10.0 Å². The number of halogens is 2. The Morgan fingerprint density at radius 2 is 1.87 bits per heavy atom. The van der Waals surface area contributed by atoms with Crippen LogP contribution >= 0.6 is 46.3 Å². The summed E-state index contributed by atoms with van der Waals surface area (Å²) in [7, 11) is 0. The molecular formula is C16H12Cl2N2OS2. The lowest BCUT2D eigenvalue weighted by atomic mass is 10.3. The summed E-state index contributed by atoms with van der Waals surface area (Å²) in [6.45, 7) is 0. The standard InChI is InChI=1S/C16H12Cl2N2OS2/c17-10-1-4-12(5-2-10)22-8-7-15(21)20-16-19-13-6-3-11(18)9-14(13)23-16/h1-6,9H,7-8H2,(H,19,20,21). The molecule has 0 aliphatic heterocycles. The highest BCUT2D eigenvalue weighted by molar-refractivity contribution is 7.99. The maximum absolute atomic E-state index is 12.0. The van der Waals surface area contributed by atoms with E-state index >= 15 is 0 Å². The molecule has 1 amide bonds. The number of hydrogen-bond acceptors (Lipinski definition) is 4. The number of fused-ring (bicyclic) bond motifs is 1. The van der Waals surface area contributed by atoms with E-state index in [0.717, 1.165) is 15.1 Å². The van der Waals surface area contributed by atoms with Crippen molar-refractivity contribution >= 4 is 67.6 Å². The van der Waals surface area contributed by atoms with E-state index in [4.69, 9.17) is 23.2 Å². The summed E-state index contributed by atoms with van der Waals surface area (Å²) in [5.41, 5.74) is 0.838. The molecule has 0 fully saturated rings. The summed E-state index contributed by atoms with van der Waals surface area (Å²) in [5.74, 6) is 0.654. The van der Waals surface area contributed by atoms with Crippen molar-refractivity contribution in [3.05, 3.63) is 52.5 Å². The van der Waals surface area contributed by atoms with E-state index in [-0.39, 0.29) is 5.91 Å². The van der Waals surface area contributed by atoms with Crippen LogP contribution in [0.15, 0.2) is 47.4 Å². The number of thiazole rings is 1. The first-order valence-corrected chi connectivity index (χ1v) is 9.40. The van der Waals surface area contributed by atoms with Gasteiger partial charge in [-0.3, -0.25) is 4.79 Å². The van der Waals surface area contributed by atoms with Crippen LogP contribution in [0.25, 0.3) is 10.2 Å². The Morgan fingerprint density at radius 1 is 1.13 bits per heavy atom. The highest BCUT2D eigenvalue weighted by Crippen LogP contribution is 2.28. The van der Waals surface area contributed by atoms with E-state index in [0.29, 0.717) is 27.4 Å². The molecular weight excluding hydrogens is 371 g/mol. The summed E-state index contributed by atoms with van der Waals surface area (Å²) < 4.78 is 0.961. The van der Waals surface area contributed by atoms with Crippen molar-refractivity contribution in [3.63, 3.8) is 0 Å². The van der Waals surface area contributed by atoms with Gasteiger partial charge in [0.1, 0.15) is 0 Å². The van der Waals surface area contributed by atoms with Crippen molar-refractivity contribution in [2.45, 2.75) is 11.3 Å². The largest absolute Gasteiger partial charge is 0.302 e. The van der Waals surface area contributed by atoms with E-state index < -0.39 is 0 Å². The molecule has 3 rings (SSSR count). The zero-order valence-corrected chi connectivity index (χ0v) is 15.0. The fraction of sp³-hybridized carbons (Fsp3) is 0.125. The van der Waals surface area contributed by atoms with Crippen LogP contribution < -0.4 is 5.32 Å². The highest BCUT2D eigenvalue weighted by Gasteiger charge is 2.08. The lowest BCUT2D eigenvalue weighted by molar-refractivity contribution is -0.115. The number of anilines is 1. The molecule has 23 heavy (non-hydrogen) atoms. The van der Waals surface area contributed by atoms with Gasteiger partial charge in [0.05, 0.1) is 10.2 Å². The quantitative estimate of drug-likeness (QED) is 0.573. The lowest BCUT2D eigenvalue weighted by Gasteiger charge is -2.02. The minimum Gasteiger partial charge on any atom is -0.302 e. The Bertz CT molecular complexity index is 834. The first-order valence-electron chi connectivity index (χ1n) is 6.84. The van der Waals surface area contributed by atoms with E-state index in [1.54, 1.807) is 17.8 Å². The molecule has 1 N–H and O–H groups in total. The third-order valence-electron chi connectivity index (χ3n) is 3.01.